The zero-order valence-corrected chi connectivity index (χ0v) is 9.69. The maximum absolute atomic E-state index is 9.55. The molecule has 1 atom stereocenters. The van der Waals surface area contributed by atoms with Crippen LogP contribution in [-0.2, 0) is 14.9 Å². The van der Waals surface area contributed by atoms with Crippen molar-refractivity contribution in [2.75, 3.05) is 13.2 Å². The number of hydrogen-bond donors (Lipinski definition) is 0. The lowest BCUT2D eigenvalue weighted by molar-refractivity contribution is -0.152. The molecular weight excluding hydrogens is 214 g/mol. The van der Waals surface area contributed by atoms with Gasteiger partial charge in [0.05, 0.1) is 24.7 Å². The fourth-order valence-electron chi connectivity index (χ4n) is 2.95. The van der Waals surface area contributed by atoms with Gasteiger partial charge in [-0.2, -0.15) is 5.26 Å². The Morgan fingerprint density at radius 3 is 2.41 bits per heavy atom. The molecule has 1 saturated heterocycles. The Morgan fingerprint density at radius 1 is 1.06 bits per heavy atom. The van der Waals surface area contributed by atoms with E-state index in [1.807, 2.05) is 30.3 Å². The van der Waals surface area contributed by atoms with Crippen molar-refractivity contribution in [3.63, 3.8) is 0 Å². The van der Waals surface area contributed by atoms with E-state index in [1.165, 1.54) is 0 Å². The van der Waals surface area contributed by atoms with Gasteiger partial charge in [0.15, 0.2) is 5.79 Å². The van der Waals surface area contributed by atoms with Crippen LogP contribution in [0.15, 0.2) is 30.3 Å². The van der Waals surface area contributed by atoms with Gasteiger partial charge in [-0.1, -0.05) is 30.3 Å². The van der Waals surface area contributed by atoms with Crippen molar-refractivity contribution >= 4 is 0 Å². The molecule has 88 valence electrons. The summed E-state index contributed by atoms with van der Waals surface area (Å²) in [4.78, 5) is 0. The normalized spacial score (nSPS) is 30.5. The van der Waals surface area contributed by atoms with Crippen LogP contribution in [0.25, 0.3) is 0 Å². The SMILES string of the molecule is N#CC1(c2ccccc2)CCC2(C1)OCCO2. The van der Waals surface area contributed by atoms with E-state index in [0.717, 1.165) is 18.4 Å². The lowest BCUT2D eigenvalue weighted by Gasteiger charge is -2.25. The Balaban J connectivity index is 1.93. The van der Waals surface area contributed by atoms with Gasteiger partial charge in [-0.25, -0.2) is 0 Å². The Kier molecular flexibility index (Phi) is 2.43. The predicted octanol–water partition coefficient (Wildman–Crippen LogP) is 2.37. The molecule has 1 spiro atoms. The number of rotatable bonds is 1. The summed E-state index contributed by atoms with van der Waals surface area (Å²) >= 11 is 0. The fourth-order valence-corrected chi connectivity index (χ4v) is 2.95. The highest BCUT2D eigenvalue weighted by Gasteiger charge is 2.53. The third-order valence-electron chi connectivity index (χ3n) is 3.86. The molecule has 1 aromatic rings. The van der Waals surface area contributed by atoms with E-state index < -0.39 is 11.2 Å². The van der Waals surface area contributed by atoms with E-state index in [4.69, 9.17) is 9.47 Å². The molecule has 17 heavy (non-hydrogen) atoms. The number of nitriles is 1. The Labute approximate surface area is 101 Å². The smallest absolute Gasteiger partial charge is 0.170 e. The standard InChI is InChI=1S/C14H15NO2/c15-11-13(12-4-2-1-3-5-12)6-7-14(10-13)16-8-9-17-14/h1-5H,6-10H2. The fraction of sp³-hybridized carbons (Fsp3) is 0.500. The first-order valence-electron chi connectivity index (χ1n) is 6.03. The van der Waals surface area contributed by atoms with Crippen molar-refractivity contribution in [2.45, 2.75) is 30.5 Å². The molecule has 0 N–H and O–H groups in total. The molecule has 2 fully saturated rings. The minimum atomic E-state index is -0.494. The molecule has 3 heteroatoms. The lowest BCUT2D eigenvalue weighted by atomic mass is 9.80. The van der Waals surface area contributed by atoms with E-state index in [1.54, 1.807) is 0 Å². The predicted molar refractivity (Wildman–Crippen MR) is 62.2 cm³/mol. The number of benzene rings is 1. The monoisotopic (exact) mass is 229 g/mol. The number of hydrogen-bond acceptors (Lipinski definition) is 3. The molecule has 1 heterocycles. The van der Waals surface area contributed by atoms with Gasteiger partial charge in [-0.05, 0) is 12.0 Å². The first-order valence-corrected chi connectivity index (χ1v) is 6.03. The van der Waals surface area contributed by atoms with Gasteiger partial charge in [0.25, 0.3) is 0 Å². The van der Waals surface area contributed by atoms with Crippen LogP contribution in [0.1, 0.15) is 24.8 Å². The summed E-state index contributed by atoms with van der Waals surface area (Å²) < 4.78 is 11.4. The van der Waals surface area contributed by atoms with E-state index in [9.17, 15) is 5.26 Å². The van der Waals surface area contributed by atoms with E-state index in [2.05, 4.69) is 6.07 Å². The zero-order valence-electron chi connectivity index (χ0n) is 9.69. The summed E-state index contributed by atoms with van der Waals surface area (Å²) in [6.07, 6.45) is 2.28. The summed E-state index contributed by atoms with van der Waals surface area (Å²) in [7, 11) is 0. The second-order valence-electron chi connectivity index (χ2n) is 4.84. The molecule has 1 aliphatic carbocycles. The summed E-state index contributed by atoms with van der Waals surface area (Å²) in [6, 6.07) is 12.5. The van der Waals surface area contributed by atoms with Crippen LogP contribution >= 0.6 is 0 Å². The average Bonchev–Trinajstić information content (AvgIpc) is 3.00. The highest BCUT2D eigenvalue weighted by molar-refractivity contribution is 5.34. The van der Waals surface area contributed by atoms with Crippen molar-refractivity contribution in [1.29, 1.82) is 5.26 Å². The minimum absolute atomic E-state index is 0.439. The van der Waals surface area contributed by atoms with Crippen molar-refractivity contribution in [3.05, 3.63) is 35.9 Å². The average molecular weight is 229 g/mol. The van der Waals surface area contributed by atoms with Gasteiger partial charge in [0.2, 0.25) is 0 Å². The quantitative estimate of drug-likeness (QED) is 0.742. The van der Waals surface area contributed by atoms with Crippen molar-refractivity contribution in [1.82, 2.24) is 0 Å². The third kappa shape index (κ3) is 1.65. The van der Waals surface area contributed by atoms with Crippen LogP contribution < -0.4 is 0 Å². The highest BCUT2D eigenvalue weighted by Crippen LogP contribution is 2.49. The van der Waals surface area contributed by atoms with Crippen LogP contribution in [0, 0.1) is 11.3 Å². The van der Waals surface area contributed by atoms with Gasteiger partial charge in [0, 0.05) is 12.8 Å². The van der Waals surface area contributed by atoms with Crippen LogP contribution in [-0.4, -0.2) is 19.0 Å². The lowest BCUT2D eigenvalue weighted by Crippen LogP contribution is -2.30. The first-order chi connectivity index (χ1) is 8.29. The second-order valence-corrected chi connectivity index (χ2v) is 4.84. The number of nitrogens with zero attached hydrogens (tertiary/aromatic N) is 1. The van der Waals surface area contributed by atoms with Crippen LogP contribution in [0.5, 0.6) is 0 Å². The van der Waals surface area contributed by atoms with Crippen LogP contribution in [0.4, 0.5) is 0 Å². The summed E-state index contributed by atoms with van der Waals surface area (Å²) in [5.41, 5.74) is 0.643. The maximum atomic E-state index is 9.55. The molecule has 2 aliphatic rings. The molecular formula is C14H15NO2. The molecule has 0 amide bonds. The molecule has 1 saturated carbocycles. The van der Waals surface area contributed by atoms with E-state index >= 15 is 0 Å². The third-order valence-corrected chi connectivity index (χ3v) is 3.86. The zero-order chi connectivity index (χ0) is 11.8. The van der Waals surface area contributed by atoms with Gasteiger partial charge < -0.3 is 9.47 Å². The second kappa shape index (κ2) is 3.83. The largest absolute Gasteiger partial charge is 0.347 e. The molecule has 1 aromatic carbocycles. The van der Waals surface area contributed by atoms with Gasteiger partial charge in [-0.15, -0.1) is 0 Å². The van der Waals surface area contributed by atoms with Gasteiger partial charge in [0.1, 0.15) is 0 Å². The van der Waals surface area contributed by atoms with Crippen molar-refractivity contribution in [2.24, 2.45) is 0 Å². The Morgan fingerprint density at radius 2 is 1.76 bits per heavy atom. The van der Waals surface area contributed by atoms with E-state index in [0.29, 0.717) is 19.6 Å². The molecule has 0 bridgehead atoms. The van der Waals surface area contributed by atoms with E-state index in [-0.39, 0.29) is 0 Å². The molecule has 0 radical (unpaired) electrons. The number of ether oxygens (including phenoxy) is 2. The van der Waals surface area contributed by atoms with Crippen molar-refractivity contribution in [3.8, 4) is 6.07 Å². The topological polar surface area (TPSA) is 42.2 Å². The van der Waals surface area contributed by atoms with Crippen molar-refractivity contribution < 1.29 is 9.47 Å². The minimum Gasteiger partial charge on any atom is -0.347 e. The molecule has 1 aliphatic heterocycles. The molecule has 3 nitrogen and oxygen atoms in total. The highest BCUT2D eigenvalue weighted by atomic mass is 16.7. The van der Waals surface area contributed by atoms with Gasteiger partial charge in [-0.3, -0.25) is 0 Å². The molecule has 1 unspecified atom stereocenters. The van der Waals surface area contributed by atoms with Gasteiger partial charge >= 0.3 is 0 Å². The summed E-state index contributed by atoms with van der Waals surface area (Å²) in [6.45, 7) is 1.30. The van der Waals surface area contributed by atoms with Crippen LogP contribution in [0.2, 0.25) is 0 Å². The maximum Gasteiger partial charge on any atom is 0.170 e. The van der Waals surface area contributed by atoms with Crippen LogP contribution in [0.3, 0.4) is 0 Å². The summed E-state index contributed by atoms with van der Waals surface area (Å²) in [5, 5.41) is 9.55. The Bertz CT molecular complexity index is 445. The molecule has 0 aromatic heterocycles. The first kappa shape index (κ1) is 10.8. The Hall–Kier alpha value is -1.37. The molecule has 3 rings (SSSR count). The summed E-state index contributed by atoms with van der Waals surface area (Å²) in [5.74, 6) is -0.494.